The van der Waals surface area contributed by atoms with E-state index in [1.807, 2.05) is 31.2 Å². The van der Waals surface area contributed by atoms with Crippen LogP contribution in [0.25, 0.3) is 0 Å². The number of aryl methyl sites for hydroxylation is 1. The van der Waals surface area contributed by atoms with Crippen molar-refractivity contribution in [3.05, 3.63) is 35.4 Å². The molecule has 1 aliphatic rings. The van der Waals surface area contributed by atoms with E-state index in [0.717, 1.165) is 18.7 Å². The van der Waals surface area contributed by atoms with Gasteiger partial charge in [0.1, 0.15) is 0 Å². The topological polar surface area (TPSA) is 41.1 Å². The summed E-state index contributed by atoms with van der Waals surface area (Å²) in [5.74, 6) is 0.584. The molecule has 1 aromatic carbocycles. The number of nitrogens with one attached hydrogen (secondary N) is 2. The van der Waals surface area contributed by atoms with Gasteiger partial charge < -0.3 is 10.6 Å². The second-order valence-corrected chi connectivity index (χ2v) is 5.23. The normalized spacial score (nSPS) is 20.2. The lowest BCUT2D eigenvalue weighted by atomic mass is 9.92. The molecule has 19 heavy (non-hydrogen) atoms. The monoisotopic (exact) mass is 282 g/mol. The molecular weight excluding hydrogens is 260 g/mol. The van der Waals surface area contributed by atoms with Crippen LogP contribution < -0.4 is 10.6 Å². The van der Waals surface area contributed by atoms with Crippen molar-refractivity contribution in [1.82, 2.24) is 10.6 Å². The van der Waals surface area contributed by atoms with Gasteiger partial charge in [0.05, 0.1) is 0 Å². The molecule has 0 radical (unpaired) electrons. The van der Waals surface area contributed by atoms with Crippen LogP contribution in [0, 0.1) is 12.8 Å². The number of hydrogen-bond donors (Lipinski definition) is 2. The highest BCUT2D eigenvalue weighted by molar-refractivity contribution is 5.94. The van der Waals surface area contributed by atoms with Crippen molar-refractivity contribution in [3.8, 4) is 0 Å². The highest BCUT2D eigenvalue weighted by Crippen LogP contribution is 2.14. The Balaban J connectivity index is 0.00000180. The average molecular weight is 283 g/mol. The maximum absolute atomic E-state index is 12.1. The van der Waals surface area contributed by atoms with Gasteiger partial charge in [-0.15, -0.1) is 12.4 Å². The minimum absolute atomic E-state index is 0. The fourth-order valence-corrected chi connectivity index (χ4v) is 2.42. The summed E-state index contributed by atoms with van der Waals surface area (Å²) in [6.45, 7) is 6.24. The van der Waals surface area contributed by atoms with Gasteiger partial charge in [0.2, 0.25) is 0 Å². The van der Waals surface area contributed by atoms with Crippen molar-refractivity contribution in [2.24, 2.45) is 5.92 Å². The van der Waals surface area contributed by atoms with Crippen LogP contribution in [0.5, 0.6) is 0 Å². The third kappa shape index (κ3) is 4.51. The highest BCUT2D eigenvalue weighted by atomic mass is 35.5. The maximum atomic E-state index is 12.1. The molecule has 1 aromatic rings. The second kappa shape index (κ2) is 7.51. The molecule has 2 atom stereocenters. The summed E-state index contributed by atoms with van der Waals surface area (Å²) in [4.78, 5) is 12.1. The predicted octanol–water partition coefficient (Wildman–Crippen LogP) is 2.53. The summed E-state index contributed by atoms with van der Waals surface area (Å²) < 4.78 is 0. The Hall–Kier alpha value is -1.06. The molecule has 1 heterocycles. The van der Waals surface area contributed by atoms with E-state index in [1.54, 1.807) is 0 Å². The number of rotatable bonds is 3. The maximum Gasteiger partial charge on any atom is 0.251 e. The fraction of sp³-hybridized carbons (Fsp3) is 0.533. The molecule has 4 heteroatoms. The minimum atomic E-state index is 0. The number of hydrogen-bond acceptors (Lipinski definition) is 2. The molecule has 2 N–H and O–H groups in total. The first kappa shape index (κ1) is 16.0. The predicted molar refractivity (Wildman–Crippen MR) is 80.9 cm³/mol. The largest absolute Gasteiger partial charge is 0.349 e. The molecule has 0 saturated carbocycles. The van der Waals surface area contributed by atoms with Crippen molar-refractivity contribution >= 4 is 18.3 Å². The van der Waals surface area contributed by atoms with E-state index in [-0.39, 0.29) is 24.4 Å². The number of halogens is 1. The third-order valence-electron chi connectivity index (χ3n) is 3.71. The van der Waals surface area contributed by atoms with E-state index in [2.05, 4.69) is 17.6 Å². The van der Waals surface area contributed by atoms with E-state index < -0.39 is 0 Å². The zero-order chi connectivity index (χ0) is 13.0. The molecule has 0 aromatic heterocycles. The van der Waals surface area contributed by atoms with Crippen LogP contribution >= 0.6 is 12.4 Å². The van der Waals surface area contributed by atoms with Crippen LogP contribution in [0.1, 0.15) is 35.7 Å². The molecule has 3 nitrogen and oxygen atoms in total. The van der Waals surface area contributed by atoms with E-state index in [4.69, 9.17) is 0 Å². The van der Waals surface area contributed by atoms with Crippen LogP contribution in [0.4, 0.5) is 0 Å². The lowest BCUT2D eigenvalue weighted by molar-refractivity contribution is 0.0922. The van der Waals surface area contributed by atoms with E-state index >= 15 is 0 Å². The van der Waals surface area contributed by atoms with Crippen LogP contribution in [0.2, 0.25) is 0 Å². The average Bonchev–Trinajstić information content (AvgIpc) is 2.40. The molecule has 1 amide bonds. The van der Waals surface area contributed by atoms with Crippen molar-refractivity contribution in [2.75, 3.05) is 13.1 Å². The number of piperidine rings is 1. The Morgan fingerprint density at radius 1 is 1.37 bits per heavy atom. The third-order valence-corrected chi connectivity index (χ3v) is 3.71. The number of amides is 1. The molecular formula is C15H23ClN2O. The van der Waals surface area contributed by atoms with Gasteiger partial charge in [-0.25, -0.2) is 0 Å². The Kier molecular flexibility index (Phi) is 6.32. The summed E-state index contributed by atoms with van der Waals surface area (Å²) >= 11 is 0. The first-order valence-electron chi connectivity index (χ1n) is 6.75. The van der Waals surface area contributed by atoms with Gasteiger partial charge in [-0.05, 0) is 57.8 Å². The van der Waals surface area contributed by atoms with Gasteiger partial charge in [-0.3, -0.25) is 4.79 Å². The zero-order valence-electron chi connectivity index (χ0n) is 11.6. The molecule has 2 unspecified atom stereocenters. The first-order chi connectivity index (χ1) is 8.66. The SMILES string of the molecule is Cc1ccc(C(=O)NC(C)C2CCCNC2)cc1.Cl. The first-order valence-corrected chi connectivity index (χ1v) is 6.75. The van der Waals surface area contributed by atoms with Gasteiger partial charge in [0.25, 0.3) is 5.91 Å². The summed E-state index contributed by atoms with van der Waals surface area (Å²) in [6, 6.07) is 7.95. The van der Waals surface area contributed by atoms with Crippen LogP contribution in [0.15, 0.2) is 24.3 Å². The summed E-state index contributed by atoms with van der Waals surface area (Å²) in [7, 11) is 0. The van der Waals surface area contributed by atoms with Crippen molar-refractivity contribution in [3.63, 3.8) is 0 Å². The van der Waals surface area contributed by atoms with Gasteiger partial charge in [-0.1, -0.05) is 17.7 Å². The number of carbonyl (C=O) groups is 1. The lowest BCUT2D eigenvalue weighted by Gasteiger charge is -2.28. The van der Waals surface area contributed by atoms with Crippen molar-refractivity contribution < 1.29 is 4.79 Å². The summed E-state index contributed by atoms with van der Waals surface area (Å²) in [5, 5.41) is 6.49. The Bertz CT molecular complexity index is 399. The molecule has 0 bridgehead atoms. The summed E-state index contributed by atoms with van der Waals surface area (Å²) in [6.07, 6.45) is 2.40. The molecule has 2 rings (SSSR count). The van der Waals surface area contributed by atoms with Crippen molar-refractivity contribution in [1.29, 1.82) is 0 Å². The number of carbonyl (C=O) groups excluding carboxylic acids is 1. The van der Waals surface area contributed by atoms with Crippen molar-refractivity contribution in [2.45, 2.75) is 32.7 Å². The Labute approximate surface area is 121 Å². The molecule has 1 fully saturated rings. The zero-order valence-corrected chi connectivity index (χ0v) is 12.4. The van der Waals surface area contributed by atoms with Gasteiger partial charge in [-0.2, -0.15) is 0 Å². The number of benzene rings is 1. The smallest absolute Gasteiger partial charge is 0.251 e. The van der Waals surface area contributed by atoms with E-state index in [9.17, 15) is 4.79 Å². The van der Waals surface area contributed by atoms with Crippen LogP contribution in [-0.4, -0.2) is 25.0 Å². The van der Waals surface area contributed by atoms with E-state index in [1.165, 1.54) is 18.4 Å². The second-order valence-electron chi connectivity index (χ2n) is 5.23. The molecule has 1 aliphatic heterocycles. The van der Waals surface area contributed by atoms with Crippen LogP contribution in [0.3, 0.4) is 0 Å². The Morgan fingerprint density at radius 3 is 2.63 bits per heavy atom. The molecule has 0 aliphatic carbocycles. The summed E-state index contributed by atoms with van der Waals surface area (Å²) in [5.41, 5.74) is 1.92. The molecule has 1 saturated heterocycles. The highest BCUT2D eigenvalue weighted by Gasteiger charge is 2.21. The molecule has 106 valence electrons. The van der Waals surface area contributed by atoms with Crippen LogP contribution in [-0.2, 0) is 0 Å². The van der Waals surface area contributed by atoms with Gasteiger partial charge in [0, 0.05) is 11.6 Å². The van der Waals surface area contributed by atoms with Gasteiger partial charge in [0.15, 0.2) is 0 Å². The van der Waals surface area contributed by atoms with Gasteiger partial charge >= 0.3 is 0 Å². The Morgan fingerprint density at radius 2 is 2.05 bits per heavy atom. The fourth-order valence-electron chi connectivity index (χ4n) is 2.42. The standard InChI is InChI=1S/C15H22N2O.ClH/c1-11-5-7-13(8-6-11)15(18)17-12(2)14-4-3-9-16-10-14;/h5-8,12,14,16H,3-4,9-10H2,1-2H3,(H,17,18);1H. The van der Waals surface area contributed by atoms with E-state index in [0.29, 0.717) is 5.92 Å². The quantitative estimate of drug-likeness (QED) is 0.894. The lowest BCUT2D eigenvalue weighted by Crippen LogP contribution is -2.44. The minimum Gasteiger partial charge on any atom is -0.349 e. The molecule has 0 spiro atoms.